The molecule has 168 valence electrons. The summed E-state index contributed by atoms with van der Waals surface area (Å²) in [6.07, 6.45) is 5.92. The van der Waals surface area contributed by atoms with E-state index in [-0.39, 0.29) is 11.2 Å². The molecule has 1 aliphatic rings. The summed E-state index contributed by atoms with van der Waals surface area (Å²) in [5.41, 5.74) is 3.82. The highest BCUT2D eigenvalue weighted by Gasteiger charge is 2.41. The third-order valence-electron chi connectivity index (χ3n) is 5.97. The number of nitrogens with zero attached hydrogens (tertiary/aromatic N) is 3. The maximum Gasteiger partial charge on any atom is 0.148 e. The van der Waals surface area contributed by atoms with Gasteiger partial charge in [-0.25, -0.2) is 4.98 Å². The molecule has 0 bridgehead atoms. The second-order valence-corrected chi connectivity index (χ2v) is 9.77. The number of hydrogen-bond donors (Lipinski definition) is 0. The molecule has 1 aromatic heterocycles. The van der Waals surface area contributed by atoms with Gasteiger partial charge in [0.05, 0.1) is 29.6 Å². The first-order valence-corrected chi connectivity index (χ1v) is 11.2. The monoisotopic (exact) mass is 431 g/mol. The van der Waals surface area contributed by atoms with Gasteiger partial charge >= 0.3 is 0 Å². The van der Waals surface area contributed by atoms with Crippen molar-refractivity contribution in [1.29, 1.82) is 0 Å². The molecule has 5 nitrogen and oxygen atoms in total. The average Bonchev–Trinajstić information content (AvgIpc) is 3.18. The van der Waals surface area contributed by atoms with Gasteiger partial charge in [-0.2, -0.15) is 0 Å². The summed E-state index contributed by atoms with van der Waals surface area (Å²) in [4.78, 5) is 9.30. The zero-order valence-corrected chi connectivity index (χ0v) is 19.9. The van der Waals surface area contributed by atoms with Crippen molar-refractivity contribution < 1.29 is 9.47 Å². The van der Waals surface area contributed by atoms with Crippen molar-refractivity contribution >= 4 is 6.21 Å². The summed E-state index contributed by atoms with van der Waals surface area (Å²) >= 11 is 0. The van der Waals surface area contributed by atoms with Crippen LogP contribution in [0.3, 0.4) is 0 Å². The van der Waals surface area contributed by atoms with Gasteiger partial charge in [0.25, 0.3) is 0 Å². The van der Waals surface area contributed by atoms with Crippen molar-refractivity contribution in [3.63, 3.8) is 0 Å². The largest absolute Gasteiger partial charge is 0.496 e. The number of hydrogen-bond acceptors (Lipinski definition) is 4. The van der Waals surface area contributed by atoms with Crippen molar-refractivity contribution in [3.05, 3.63) is 66.0 Å². The summed E-state index contributed by atoms with van der Waals surface area (Å²) in [5, 5.41) is 0. The molecule has 3 aromatic rings. The van der Waals surface area contributed by atoms with Gasteiger partial charge in [-0.15, -0.1) is 0 Å². The lowest BCUT2D eigenvalue weighted by molar-refractivity contribution is -0.162. The molecule has 1 fully saturated rings. The molecule has 2 aromatic carbocycles. The van der Waals surface area contributed by atoms with Gasteiger partial charge in [0.15, 0.2) is 0 Å². The van der Waals surface area contributed by atoms with Gasteiger partial charge in [0, 0.05) is 31.1 Å². The number of methoxy groups -OCH3 is 1. The van der Waals surface area contributed by atoms with Crippen LogP contribution in [0.15, 0.2) is 59.7 Å². The van der Waals surface area contributed by atoms with E-state index in [4.69, 9.17) is 14.5 Å². The fourth-order valence-corrected chi connectivity index (χ4v) is 4.98. The highest BCUT2D eigenvalue weighted by atomic mass is 16.5. The van der Waals surface area contributed by atoms with Crippen LogP contribution in [0.25, 0.3) is 17.1 Å². The Morgan fingerprint density at radius 3 is 2.31 bits per heavy atom. The Morgan fingerprint density at radius 1 is 1.03 bits per heavy atom. The second kappa shape index (κ2) is 8.55. The van der Waals surface area contributed by atoms with Crippen LogP contribution in [0.2, 0.25) is 0 Å². The van der Waals surface area contributed by atoms with Crippen molar-refractivity contribution in [2.24, 2.45) is 4.99 Å². The Hall–Kier alpha value is -2.92. The first-order valence-electron chi connectivity index (χ1n) is 11.2. The zero-order valence-electron chi connectivity index (χ0n) is 19.9. The molecule has 1 aliphatic heterocycles. The molecule has 0 radical (unpaired) electrons. The maximum atomic E-state index is 6.32. The minimum atomic E-state index is -0.193. The number of rotatable bonds is 5. The van der Waals surface area contributed by atoms with Gasteiger partial charge in [-0.1, -0.05) is 24.3 Å². The number of imidazole rings is 1. The van der Waals surface area contributed by atoms with Gasteiger partial charge in [-0.3, -0.25) is 9.56 Å². The van der Waals surface area contributed by atoms with Gasteiger partial charge in [0.2, 0.25) is 0 Å². The summed E-state index contributed by atoms with van der Waals surface area (Å²) in [6.45, 7) is 8.69. The third-order valence-corrected chi connectivity index (χ3v) is 5.97. The average molecular weight is 432 g/mol. The van der Waals surface area contributed by atoms with E-state index >= 15 is 0 Å². The smallest absolute Gasteiger partial charge is 0.148 e. The number of aromatic nitrogens is 2. The number of aliphatic imine (C=N–C) groups is 1. The van der Waals surface area contributed by atoms with Crippen LogP contribution in [-0.4, -0.2) is 41.1 Å². The Balaban J connectivity index is 1.83. The van der Waals surface area contributed by atoms with Crippen molar-refractivity contribution in [1.82, 2.24) is 9.55 Å². The van der Waals surface area contributed by atoms with Crippen LogP contribution in [0.5, 0.6) is 5.75 Å². The number of para-hydroxylation sites is 1. The molecular weight excluding hydrogens is 398 g/mol. The molecule has 0 atom stereocenters. The van der Waals surface area contributed by atoms with E-state index in [2.05, 4.69) is 73.8 Å². The van der Waals surface area contributed by atoms with E-state index in [0.717, 1.165) is 46.9 Å². The molecule has 0 amide bonds. The molecule has 2 heterocycles. The third kappa shape index (κ3) is 4.63. The van der Waals surface area contributed by atoms with Crippen LogP contribution >= 0.6 is 0 Å². The van der Waals surface area contributed by atoms with Crippen LogP contribution in [0, 0.1) is 0 Å². The molecule has 0 saturated carbocycles. The molecule has 5 heteroatoms. The number of benzene rings is 2. The van der Waals surface area contributed by atoms with Gasteiger partial charge in [-0.05, 0) is 70.4 Å². The predicted molar refractivity (Wildman–Crippen MR) is 130 cm³/mol. The van der Waals surface area contributed by atoms with Crippen molar-refractivity contribution in [2.45, 2.75) is 57.7 Å². The Morgan fingerprint density at radius 2 is 1.69 bits per heavy atom. The number of ether oxygens (including phenoxy) is 2. The van der Waals surface area contributed by atoms with Crippen LogP contribution in [-0.2, 0) is 4.74 Å². The topological polar surface area (TPSA) is 48.6 Å². The van der Waals surface area contributed by atoms with E-state index in [1.165, 1.54) is 0 Å². The lowest BCUT2D eigenvalue weighted by Crippen LogP contribution is -2.44. The van der Waals surface area contributed by atoms with E-state index in [0.29, 0.717) is 5.92 Å². The lowest BCUT2D eigenvalue weighted by Gasteiger charge is -2.45. The quantitative estimate of drug-likeness (QED) is 0.462. The van der Waals surface area contributed by atoms with E-state index in [1.54, 1.807) is 14.2 Å². The fourth-order valence-electron chi connectivity index (χ4n) is 4.98. The highest BCUT2D eigenvalue weighted by Crippen LogP contribution is 2.44. The summed E-state index contributed by atoms with van der Waals surface area (Å²) in [6, 6.07) is 16.4. The van der Waals surface area contributed by atoms with Crippen molar-refractivity contribution in [3.8, 4) is 22.8 Å². The molecule has 0 N–H and O–H groups in total. The van der Waals surface area contributed by atoms with E-state index in [9.17, 15) is 0 Å². The zero-order chi connectivity index (χ0) is 22.9. The maximum absolute atomic E-state index is 6.32. The molecule has 1 saturated heterocycles. The first-order chi connectivity index (χ1) is 15.2. The fraction of sp³-hybridized carbons (Fsp3) is 0.407. The molecule has 0 aliphatic carbocycles. The van der Waals surface area contributed by atoms with Gasteiger partial charge in [0.1, 0.15) is 11.6 Å². The van der Waals surface area contributed by atoms with Crippen LogP contribution in [0.4, 0.5) is 0 Å². The Labute approximate surface area is 191 Å². The Bertz CT molecular complexity index is 1090. The summed E-state index contributed by atoms with van der Waals surface area (Å²) < 4.78 is 14.2. The molecule has 0 unspecified atom stereocenters. The van der Waals surface area contributed by atoms with E-state index < -0.39 is 0 Å². The normalized spacial score (nSPS) is 18.2. The Kier molecular flexibility index (Phi) is 5.95. The second-order valence-electron chi connectivity index (χ2n) is 9.77. The summed E-state index contributed by atoms with van der Waals surface area (Å²) in [7, 11) is 3.49. The first kappa shape index (κ1) is 22.3. The minimum Gasteiger partial charge on any atom is -0.496 e. The van der Waals surface area contributed by atoms with Crippen LogP contribution in [0.1, 0.15) is 57.7 Å². The lowest BCUT2D eigenvalue weighted by atomic mass is 9.79. The van der Waals surface area contributed by atoms with Crippen LogP contribution < -0.4 is 4.74 Å². The highest BCUT2D eigenvalue weighted by molar-refractivity contribution is 5.80. The molecule has 32 heavy (non-hydrogen) atoms. The molecular formula is C27H33N3O2. The molecule has 4 rings (SSSR count). The van der Waals surface area contributed by atoms with E-state index in [1.807, 2.05) is 24.4 Å². The van der Waals surface area contributed by atoms with Gasteiger partial charge < -0.3 is 9.47 Å². The van der Waals surface area contributed by atoms with Crippen molar-refractivity contribution in [2.75, 3.05) is 14.2 Å². The SMILES string of the molecule is CN=Cc1ccc(-n2cc(C3CC(C)(C)OC(C)(C)C3)nc2-c2ccccc2OC)cc1. The molecule has 0 spiro atoms. The summed E-state index contributed by atoms with van der Waals surface area (Å²) in [5.74, 6) is 2.01. The minimum absolute atomic E-state index is 0.193. The predicted octanol–water partition coefficient (Wildman–Crippen LogP) is 6.05. The standard InChI is InChI=1S/C27H33N3O2/c1-26(2)15-20(16-27(3,4)32-26)23-18-30(21-13-11-19(12-14-21)17-28-5)25(29-23)22-9-7-8-10-24(22)31-6/h7-14,17-18,20H,15-16H2,1-6H3.